The van der Waals surface area contributed by atoms with Crippen LogP contribution in [-0.4, -0.2) is 71.6 Å². The summed E-state index contributed by atoms with van der Waals surface area (Å²) >= 11 is 0. The summed E-state index contributed by atoms with van der Waals surface area (Å²) in [6.45, 7) is 10.4. The summed E-state index contributed by atoms with van der Waals surface area (Å²) in [5.41, 5.74) is 0. The van der Waals surface area contributed by atoms with Crippen molar-refractivity contribution >= 4 is 5.96 Å². The molecule has 0 spiro atoms. The fourth-order valence-electron chi connectivity index (χ4n) is 2.90. The first-order valence-corrected chi connectivity index (χ1v) is 8.70. The zero-order valence-corrected chi connectivity index (χ0v) is 15.2. The minimum absolute atomic E-state index is 0.441. The second-order valence-corrected chi connectivity index (χ2v) is 6.80. The van der Waals surface area contributed by atoms with E-state index < -0.39 is 0 Å². The largest absolute Gasteiger partial charge is 0.357 e. The Bertz CT molecular complexity index is 481. The molecular formula is C17H32N6. The van der Waals surface area contributed by atoms with Crippen LogP contribution in [0.4, 0.5) is 0 Å². The van der Waals surface area contributed by atoms with Gasteiger partial charge < -0.3 is 19.7 Å². The smallest absolute Gasteiger partial charge is 0.194 e. The van der Waals surface area contributed by atoms with Crippen LogP contribution in [0.3, 0.4) is 0 Å². The van der Waals surface area contributed by atoms with Gasteiger partial charge in [0.05, 0.1) is 18.9 Å². The summed E-state index contributed by atoms with van der Waals surface area (Å²) in [5, 5.41) is 3.46. The number of guanidine groups is 1. The lowest BCUT2D eigenvalue weighted by molar-refractivity contribution is 0.188. The van der Waals surface area contributed by atoms with Crippen molar-refractivity contribution in [1.82, 2.24) is 24.7 Å². The highest BCUT2D eigenvalue weighted by atomic mass is 15.3. The molecule has 0 amide bonds. The fraction of sp³-hybridized carbons (Fsp3) is 0.765. The van der Waals surface area contributed by atoms with Gasteiger partial charge in [0, 0.05) is 38.1 Å². The van der Waals surface area contributed by atoms with Gasteiger partial charge in [-0.2, -0.15) is 0 Å². The van der Waals surface area contributed by atoms with Crippen molar-refractivity contribution in [1.29, 1.82) is 0 Å². The summed E-state index contributed by atoms with van der Waals surface area (Å²) in [5.74, 6) is 1.70. The van der Waals surface area contributed by atoms with Crippen LogP contribution in [0.25, 0.3) is 0 Å². The lowest BCUT2D eigenvalue weighted by atomic mass is 9.93. The molecule has 2 rings (SSSR count). The first kappa shape index (κ1) is 17.8. The lowest BCUT2D eigenvalue weighted by Gasteiger charge is -2.39. The highest BCUT2D eigenvalue weighted by molar-refractivity contribution is 5.80. The van der Waals surface area contributed by atoms with Crippen LogP contribution < -0.4 is 5.32 Å². The third-order valence-corrected chi connectivity index (χ3v) is 4.85. The van der Waals surface area contributed by atoms with Crippen LogP contribution in [0.2, 0.25) is 0 Å². The van der Waals surface area contributed by atoms with Crippen LogP contribution in [0.5, 0.6) is 0 Å². The predicted octanol–water partition coefficient (Wildman–Crippen LogP) is 1.68. The third-order valence-electron chi connectivity index (χ3n) is 4.85. The van der Waals surface area contributed by atoms with Crippen LogP contribution in [0, 0.1) is 5.92 Å². The van der Waals surface area contributed by atoms with E-state index in [0.29, 0.717) is 18.0 Å². The van der Waals surface area contributed by atoms with Crippen molar-refractivity contribution in [3.63, 3.8) is 0 Å². The lowest BCUT2D eigenvalue weighted by Crippen LogP contribution is -2.49. The molecule has 0 aliphatic carbocycles. The number of imidazole rings is 1. The average molecular weight is 320 g/mol. The summed E-state index contributed by atoms with van der Waals surface area (Å²) in [6, 6.07) is 0.901. The van der Waals surface area contributed by atoms with Crippen molar-refractivity contribution in [3.8, 4) is 0 Å². The number of piperidine rings is 1. The number of hydrogen-bond acceptors (Lipinski definition) is 3. The van der Waals surface area contributed by atoms with E-state index in [1.165, 1.54) is 6.42 Å². The van der Waals surface area contributed by atoms with E-state index in [9.17, 15) is 0 Å². The molecule has 3 atom stereocenters. The summed E-state index contributed by atoms with van der Waals surface area (Å²) < 4.78 is 2.24. The Morgan fingerprint density at radius 1 is 1.48 bits per heavy atom. The van der Waals surface area contributed by atoms with E-state index in [-0.39, 0.29) is 0 Å². The zero-order chi connectivity index (χ0) is 16.8. The normalized spacial score (nSPS) is 24.1. The molecule has 6 nitrogen and oxygen atoms in total. The van der Waals surface area contributed by atoms with E-state index in [0.717, 1.165) is 32.1 Å². The van der Waals surface area contributed by atoms with Gasteiger partial charge in [-0.25, -0.2) is 4.98 Å². The third kappa shape index (κ3) is 4.70. The summed E-state index contributed by atoms with van der Waals surface area (Å²) in [7, 11) is 4.20. The number of aromatic nitrogens is 2. The molecule has 1 fully saturated rings. The van der Waals surface area contributed by atoms with E-state index in [1.807, 2.05) is 12.5 Å². The monoisotopic (exact) mass is 320 g/mol. The van der Waals surface area contributed by atoms with Crippen LogP contribution >= 0.6 is 0 Å². The second-order valence-electron chi connectivity index (χ2n) is 6.80. The summed E-state index contributed by atoms with van der Waals surface area (Å²) in [6.07, 6.45) is 7.05. The molecule has 2 heterocycles. The molecule has 6 heteroatoms. The van der Waals surface area contributed by atoms with Crippen molar-refractivity contribution in [3.05, 3.63) is 18.7 Å². The molecule has 23 heavy (non-hydrogen) atoms. The zero-order valence-electron chi connectivity index (χ0n) is 15.2. The first-order chi connectivity index (χ1) is 11.0. The van der Waals surface area contributed by atoms with Crippen molar-refractivity contribution in [2.75, 3.05) is 40.3 Å². The predicted molar refractivity (Wildman–Crippen MR) is 95.7 cm³/mol. The SMILES string of the molecule is CCNC(=NCC(C)N(C)C)N1CCC(C)C(n2ccnc2)C1. The number of likely N-dealkylation sites (tertiary alicyclic amines) is 1. The second kappa shape index (κ2) is 8.34. The van der Waals surface area contributed by atoms with Gasteiger partial charge in [-0.15, -0.1) is 0 Å². The number of nitrogens with zero attached hydrogens (tertiary/aromatic N) is 5. The van der Waals surface area contributed by atoms with Gasteiger partial charge in [0.2, 0.25) is 0 Å². The molecule has 1 aliphatic rings. The number of aliphatic imine (C=N–C) groups is 1. The topological polar surface area (TPSA) is 48.7 Å². The maximum Gasteiger partial charge on any atom is 0.194 e. The summed E-state index contributed by atoms with van der Waals surface area (Å²) in [4.78, 5) is 13.7. The van der Waals surface area contributed by atoms with Gasteiger partial charge >= 0.3 is 0 Å². The van der Waals surface area contributed by atoms with Crippen LogP contribution in [-0.2, 0) is 0 Å². The molecular weight excluding hydrogens is 288 g/mol. The van der Waals surface area contributed by atoms with E-state index in [4.69, 9.17) is 4.99 Å². The molecule has 1 saturated heterocycles. The highest BCUT2D eigenvalue weighted by Gasteiger charge is 2.28. The van der Waals surface area contributed by atoms with Gasteiger partial charge in [0.25, 0.3) is 0 Å². The number of likely N-dealkylation sites (N-methyl/N-ethyl adjacent to an activating group) is 1. The highest BCUT2D eigenvalue weighted by Crippen LogP contribution is 2.27. The van der Waals surface area contributed by atoms with E-state index in [1.54, 1.807) is 0 Å². The number of hydrogen-bond donors (Lipinski definition) is 1. The standard InChI is InChI=1S/C17H32N6/c1-6-19-17(20-11-15(3)21(4)5)22-9-7-14(2)16(12-22)23-10-8-18-13-23/h8,10,13-16H,6-7,9,11-12H2,1-5H3,(H,19,20). The number of nitrogens with one attached hydrogen (secondary N) is 1. The Labute approximate surface area is 140 Å². The van der Waals surface area contributed by atoms with Crippen LogP contribution in [0.1, 0.15) is 33.2 Å². The van der Waals surface area contributed by atoms with Crippen LogP contribution in [0.15, 0.2) is 23.7 Å². The van der Waals surface area contributed by atoms with Crippen molar-refractivity contribution in [2.24, 2.45) is 10.9 Å². The number of rotatable bonds is 5. The maximum absolute atomic E-state index is 4.86. The van der Waals surface area contributed by atoms with Gasteiger partial charge in [0.1, 0.15) is 0 Å². The van der Waals surface area contributed by atoms with E-state index >= 15 is 0 Å². The molecule has 0 saturated carbocycles. The Kier molecular flexibility index (Phi) is 6.45. The fourth-order valence-corrected chi connectivity index (χ4v) is 2.90. The van der Waals surface area contributed by atoms with Gasteiger partial charge in [-0.1, -0.05) is 6.92 Å². The van der Waals surface area contributed by atoms with Gasteiger partial charge in [-0.3, -0.25) is 4.99 Å². The Morgan fingerprint density at radius 2 is 2.26 bits per heavy atom. The molecule has 0 aromatic carbocycles. The minimum Gasteiger partial charge on any atom is -0.357 e. The Hall–Kier alpha value is -1.56. The first-order valence-electron chi connectivity index (χ1n) is 8.70. The molecule has 0 bridgehead atoms. The molecule has 1 aliphatic heterocycles. The van der Waals surface area contributed by atoms with Crippen molar-refractivity contribution in [2.45, 2.75) is 39.3 Å². The quantitative estimate of drug-likeness (QED) is 0.662. The van der Waals surface area contributed by atoms with Gasteiger partial charge in [-0.05, 0) is 40.3 Å². The molecule has 1 aromatic rings. The molecule has 1 N–H and O–H groups in total. The maximum atomic E-state index is 4.86. The molecule has 1 aromatic heterocycles. The molecule has 3 unspecified atom stereocenters. The van der Waals surface area contributed by atoms with Crippen molar-refractivity contribution < 1.29 is 0 Å². The Balaban J connectivity index is 2.08. The Morgan fingerprint density at radius 3 is 2.87 bits per heavy atom. The van der Waals surface area contributed by atoms with E-state index in [2.05, 4.69) is 65.7 Å². The molecule has 0 radical (unpaired) electrons. The minimum atomic E-state index is 0.441. The average Bonchev–Trinajstić information content (AvgIpc) is 3.05. The van der Waals surface area contributed by atoms with Gasteiger partial charge in [0.15, 0.2) is 5.96 Å². The molecule has 130 valence electrons.